The summed E-state index contributed by atoms with van der Waals surface area (Å²) < 4.78 is 13.6. The van der Waals surface area contributed by atoms with Crippen LogP contribution >= 0.6 is 15.9 Å². The van der Waals surface area contributed by atoms with Crippen LogP contribution in [0.25, 0.3) is 0 Å². The minimum atomic E-state index is -0.269. The second-order valence-corrected chi connectivity index (χ2v) is 6.35. The van der Waals surface area contributed by atoms with E-state index in [1.165, 1.54) is 18.9 Å². The monoisotopic (exact) mass is 342 g/mol. The highest BCUT2D eigenvalue weighted by molar-refractivity contribution is 9.10. The predicted octanol–water partition coefficient (Wildman–Crippen LogP) is 2.64. The number of halogens is 2. The third-order valence-electron chi connectivity index (χ3n) is 3.35. The van der Waals surface area contributed by atoms with Crippen molar-refractivity contribution in [2.45, 2.75) is 32.2 Å². The van der Waals surface area contributed by atoms with Crippen LogP contribution in [-0.4, -0.2) is 25.0 Å². The van der Waals surface area contributed by atoms with Crippen molar-refractivity contribution in [1.29, 1.82) is 0 Å². The van der Waals surface area contributed by atoms with Gasteiger partial charge in [0.25, 0.3) is 0 Å². The molecule has 1 saturated carbocycles. The zero-order valence-corrected chi connectivity index (χ0v) is 13.2. The van der Waals surface area contributed by atoms with Crippen LogP contribution in [0.2, 0.25) is 0 Å². The van der Waals surface area contributed by atoms with E-state index in [0.29, 0.717) is 17.4 Å². The molecular weight excluding hydrogens is 323 g/mol. The lowest BCUT2D eigenvalue weighted by Gasteiger charge is -2.14. The fraction of sp³-hybridized carbons (Fsp3) is 0.533. The van der Waals surface area contributed by atoms with Gasteiger partial charge in [0.2, 0.25) is 5.91 Å². The highest BCUT2D eigenvalue weighted by Gasteiger charge is 2.20. The first-order valence-corrected chi connectivity index (χ1v) is 7.78. The van der Waals surface area contributed by atoms with E-state index in [2.05, 4.69) is 26.6 Å². The Labute approximate surface area is 127 Å². The SMILES string of the molecule is CC(Cc1ccc(F)c(Br)c1)NC(=O)CNCC1CC1. The van der Waals surface area contributed by atoms with Gasteiger partial charge in [0.15, 0.2) is 0 Å². The van der Waals surface area contributed by atoms with Crippen molar-refractivity contribution < 1.29 is 9.18 Å². The number of carbonyl (C=O) groups excluding carboxylic acids is 1. The summed E-state index contributed by atoms with van der Waals surface area (Å²) in [6, 6.07) is 4.96. The summed E-state index contributed by atoms with van der Waals surface area (Å²) in [5, 5.41) is 6.11. The molecule has 1 aliphatic carbocycles. The highest BCUT2D eigenvalue weighted by atomic mass is 79.9. The summed E-state index contributed by atoms with van der Waals surface area (Å²) in [5.74, 6) is 0.519. The smallest absolute Gasteiger partial charge is 0.234 e. The van der Waals surface area contributed by atoms with Crippen LogP contribution in [0.3, 0.4) is 0 Å². The number of rotatable bonds is 7. The largest absolute Gasteiger partial charge is 0.352 e. The molecule has 1 unspecified atom stereocenters. The molecule has 1 atom stereocenters. The molecule has 0 saturated heterocycles. The Morgan fingerprint density at radius 2 is 2.25 bits per heavy atom. The fourth-order valence-electron chi connectivity index (χ4n) is 2.11. The Hall–Kier alpha value is -0.940. The van der Waals surface area contributed by atoms with Crippen LogP contribution in [0.1, 0.15) is 25.3 Å². The van der Waals surface area contributed by atoms with E-state index < -0.39 is 0 Å². The fourth-order valence-corrected chi connectivity index (χ4v) is 2.54. The zero-order valence-electron chi connectivity index (χ0n) is 11.6. The molecule has 1 aromatic rings. The summed E-state index contributed by atoms with van der Waals surface area (Å²) in [6.07, 6.45) is 3.25. The van der Waals surface area contributed by atoms with Gasteiger partial charge in [-0.05, 0) is 72.3 Å². The number of carbonyl (C=O) groups is 1. The van der Waals surface area contributed by atoms with E-state index in [1.807, 2.05) is 6.92 Å². The lowest BCUT2D eigenvalue weighted by atomic mass is 10.1. The molecule has 1 amide bonds. The molecule has 1 aliphatic rings. The first-order chi connectivity index (χ1) is 9.54. The van der Waals surface area contributed by atoms with Gasteiger partial charge in [-0.3, -0.25) is 4.79 Å². The third-order valence-corrected chi connectivity index (χ3v) is 3.96. The Kier molecular flexibility index (Phi) is 5.54. The van der Waals surface area contributed by atoms with Gasteiger partial charge in [-0.25, -0.2) is 4.39 Å². The topological polar surface area (TPSA) is 41.1 Å². The van der Waals surface area contributed by atoms with Crippen molar-refractivity contribution in [1.82, 2.24) is 10.6 Å². The van der Waals surface area contributed by atoms with Crippen molar-refractivity contribution in [3.8, 4) is 0 Å². The molecule has 0 spiro atoms. The van der Waals surface area contributed by atoms with E-state index in [1.54, 1.807) is 12.1 Å². The molecule has 5 heteroatoms. The van der Waals surface area contributed by atoms with Gasteiger partial charge >= 0.3 is 0 Å². The summed E-state index contributed by atoms with van der Waals surface area (Å²) >= 11 is 3.17. The molecule has 20 heavy (non-hydrogen) atoms. The van der Waals surface area contributed by atoms with Crippen LogP contribution in [0.15, 0.2) is 22.7 Å². The van der Waals surface area contributed by atoms with Crippen LogP contribution in [0.4, 0.5) is 4.39 Å². The molecule has 2 N–H and O–H groups in total. The van der Waals surface area contributed by atoms with E-state index in [-0.39, 0.29) is 17.8 Å². The van der Waals surface area contributed by atoms with Crippen LogP contribution < -0.4 is 10.6 Å². The van der Waals surface area contributed by atoms with E-state index in [4.69, 9.17) is 0 Å². The molecule has 0 heterocycles. The minimum Gasteiger partial charge on any atom is -0.352 e. The molecular formula is C15H20BrFN2O. The average Bonchev–Trinajstić information content (AvgIpc) is 3.18. The van der Waals surface area contributed by atoms with Gasteiger partial charge < -0.3 is 10.6 Å². The zero-order chi connectivity index (χ0) is 14.5. The number of benzene rings is 1. The number of hydrogen-bond donors (Lipinski definition) is 2. The molecule has 1 aromatic carbocycles. The maximum absolute atomic E-state index is 13.1. The van der Waals surface area contributed by atoms with E-state index >= 15 is 0 Å². The lowest BCUT2D eigenvalue weighted by molar-refractivity contribution is -0.120. The molecule has 110 valence electrons. The van der Waals surface area contributed by atoms with Gasteiger partial charge in [0.05, 0.1) is 11.0 Å². The summed E-state index contributed by atoms with van der Waals surface area (Å²) in [5.41, 5.74) is 0.997. The second kappa shape index (κ2) is 7.18. The quantitative estimate of drug-likeness (QED) is 0.799. The normalized spacial score (nSPS) is 15.9. The Bertz CT molecular complexity index is 477. The summed E-state index contributed by atoms with van der Waals surface area (Å²) in [4.78, 5) is 11.7. The van der Waals surface area contributed by atoms with Crippen LogP contribution in [0, 0.1) is 11.7 Å². The lowest BCUT2D eigenvalue weighted by Crippen LogP contribution is -2.40. The molecule has 0 aromatic heterocycles. The van der Waals surface area contributed by atoms with Gasteiger partial charge in [-0.1, -0.05) is 6.07 Å². The van der Waals surface area contributed by atoms with Crippen molar-refractivity contribution in [2.75, 3.05) is 13.1 Å². The Balaban J connectivity index is 1.71. The Morgan fingerprint density at radius 3 is 2.90 bits per heavy atom. The number of amides is 1. The molecule has 0 aliphatic heterocycles. The van der Waals surface area contributed by atoms with Gasteiger partial charge in [0.1, 0.15) is 5.82 Å². The number of nitrogens with one attached hydrogen (secondary N) is 2. The minimum absolute atomic E-state index is 0.0133. The van der Waals surface area contributed by atoms with Crippen LogP contribution in [-0.2, 0) is 11.2 Å². The highest BCUT2D eigenvalue weighted by Crippen LogP contribution is 2.27. The van der Waals surface area contributed by atoms with Crippen molar-refractivity contribution >= 4 is 21.8 Å². The molecule has 0 radical (unpaired) electrons. The third kappa shape index (κ3) is 5.21. The molecule has 2 rings (SSSR count). The van der Waals surface area contributed by atoms with E-state index in [0.717, 1.165) is 18.0 Å². The van der Waals surface area contributed by atoms with Crippen LogP contribution in [0.5, 0.6) is 0 Å². The number of hydrogen-bond acceptors (Lipinski definition) is 2. The van der Waals surface area contributed by atoms with E-state index in [9.17, 15) is 9.18 Å². The molecule has 3 nitrogen and oxygen atoms in total. The van der Waals surface area contributed by atoms with Crippen molar-refractivity contribution in [3.63, 3.8) is 0 Å². The second-order valence-electron chi connectivity index (χ2n) is 5.50. The summed E-state index contributed by atoms with van der Waals surface area (Å²) in [7, 11) is 0. The van der Waals surface area contributed by atoms with Gasteiger partial charge in [-0.15, -0.1) is 0 Å². The van der Waals surface area contributed by atoms with Gasteiger partial charge in [-0.2, -0.15) is 0 Å². The summed E-state index contributed by atoms with van der Waals surface area (Å²) in [6.45, 7) is 3.26. The van der Waals surface area contributed by atoms with Crippen molar-refractivity contribution in [2.24, 2.45) is 5.92 Å². The first kappa shape index (κ1) is 15.4. The van der Waals surface area contributed by atoms with Crippen molar-refractivity contribution in [3.05, 3.63) is 34.1 Å². The maximum atomic E-state index is 13.1. The standard InChI is InChI=1S/C15H20BrFN2O/c1-10(6-12-4-5-14(17)13(16)7-12)19-15(20)9-18-8-11-2-3-11/h4-5,7,10-11,18H,2-3,6,8-9H2,1H3,(H,19,20). The Morgan fingerprint density at radius 1 is 1.50 bits per heavy atom. The van der Waals surface area contributed by atoms with Gasteiger partial charge in [0, 0.05) is 6.04 Å². The average molecular weight is 343 g/mol. The first-order valence-electron chi connectivity index (χ1n) is 6.98. The molecule has 0 bridgehead atoms. The molecule has 1 fully saturated rings. The predicted molar refractivity (Wildman–Crippen MR) is 81.0 cm³/mol. The maximum Gasteiger partial charge on any atom is 0.234 e.